The zero-order valence-electron chi connectivity index (χ0n) is 16.2. The van der Waals surface area contributed by atoms with Gasteiger partial charge < -0.3 is 15.6 Å². The van der Waals surface area contributed by atoms with Crippen LogP contribution >= 0.6 is 0 Å². The predicted molar refractivity (Wildman–Crippen MR) is 114 cm³/mol. The lowest BCUT2D eigenvalue weighted by Gasteiger charge is -2.08. The number of nitrogens with one attached hydrogen (secondary N) is 4. The van der Waals surface area contributed by atoms with E-state index in [4.69, 9.17) is 0 Å². The van der Waals surface area contributed by atoms with Crippen molar-refractivity contribution in [2.45, 2.75) is 12.8 Å². The molecule has 0 saturated carbocycles. The van der Waals surface area contributed by atoms with Crippen molar-refractivity contribution in [2.75, 3.05) is 13.1 Å². The summed E-state index contributed by atoms with van der Waals surface area (Å²) in [5.41, 5.74) is 2.35. The second-order valence-corrected chi connectivity index (χ2v) is 6.96. The van der Waals surface area contributed by atoms with Gasteiger partial charge in [0.25, 0.3) is 5.56 Å². The van der Waals surface area contributed by atoms with Gasteiger partial charge in [-0.3, -0.25) is 14.4 Å². The second kappa shape index (κ2) is 8.60. The number of fused-ring (bicyclic) bond motifs is 2. The van der Waals surface area contributed by atoms with Crippen molar-refractivity contribution in [1.82, 2.24) is 25.8 Å². The molecule has 0 atom stereocenters. The van der Waals surface area contributed by atoms with E-state index in [1.807, 2.05) is 30.5 Å². The molecule has 4 N–H and O–H groups in total. The summed E-state index contributed by atoms with van der Waals surface area (Å²) in [7, 11) is 0. The van der Waals surface area contributed by atoms with Crippen LogP contribution in [0.15, 0.2) is 59.5 Å². The Morgan fingerprint density at radius 3 is 2.47 bits per heavy atom. The number of hydrogen-bond donors (Lipinski definition) is 4. The maximum absolute atomic E-state index is 12.2. The molecule has 0 saturated heterocycles. The molecule has 4 aromatic rings. The van der Waals surface area contributed by atoms with Gasteiger partial charge in [-0.05, 0) is 24.1 Å². The van der Waals surface area contributed by atoms with E-state index in [1.54, 1.807) is 24.3 Å². The molecule has 0 aliphatic carbocycles. The van der Waals surface area contributed by atoms with Crippen molar-refractivity contribution in [1.29, 1.82) is 0 Å². The Kier molecular flexibility index (Phi) is 5.56. The number of aromatic nitrogens is 3. The van der Waals surface area contributed by atoms with Crippen LogP contribution in [-0.4, -0.2) is 40.1 Å². The Balaban J connectivity index is 1.27. The lowest BCUT2D eigenvalue weighted by atomic mass is 10.1. The zero-order valence-corrected chi connectivity index (χ0v) is 16.2. The summed E-state index contributed by atoms with van der Waals surface area (Å²) in [6, 6.07) is 15.0. The molecule has 0 unspecified atom stereocenters. The van der Waals surface area contributed by atoms with Gasteiger partial charge in [0.15, 0.2) is 0 Å². The van der Waals surface area contributed by atoms with Crippen molar-refractivity contribution in [3.8, 4) is 0 Å². The molecule has 152 valence electrons. The molecule has 0 bridgehead atoms. The number of aromatic amines is 2. The number of para-hydroxylation sites is 1. The van der Waals surface area contributed by atoms with Crippen LogP contribution in [0.25, 0.3) is 21.7 Å². The number of carbonyl (C=O) groups is 2. The minimum absolute atomic E-state index is 0.0279. The van der Waals surface area contributed by atoms with Gasteiger partial charge in [0, 0.05) is 29.0 Å². The van der Waals surface area contributed by atoms with Gasteiger partial charge in [-0.2, -0.15) is 5.10 Å². The second-order valence-electron chi connectivity index (χ2n) is 6.96. The van der Waals surface area contributed by atoms with E-state index >= 15 is 0 Å². The van der Waals surface area contributed by atoms with E-state index in [0.29, 0.717) is 29.4 Å². The fraction of sp³-hybridized carbons (Fsp3) is 0.182. The third-order valence-corrected chi connectivity index (χ3v) is 4.94. The van der Waals surface area contributed by atoms with E-state index in [1.165, 1.54) is 0 Å². The summed E-state index contributed by atoms with van der Waals surface area (Å²) in [6.07, 6.45) is 2.61. The third-order valence-electron chi connectivity index (χ3n) is 4.94. The van der Waals surface area contributed by atoms with Crippen LogP contribution in [0.1, 0.15) is 11.3 Å². The molecular weight excluding hydrogens is 382 g/mol. The Hall–Kier alpha value is -3.94. The van der Waals surface area contributed by atoms with E-state index in [9.17, 15) is 14.4 Å². The number of amides is 2. The molecule has 0 aliphatic heterocycles. The normalized spacial score (nSPS) is 10.9. The Morgan fingerprint density at radius 1 is 0.900 bits per heavy atom. The Morgan fingerprint density at radius 2 is 1.63 bits per heavy atom. The van der Waals surface area contributed by atoms with Gasteiger partial charge >= 0.3 is 0 Å². The summed E-state index contributed by atoms with van der Waals surface area (Å²) in [5.74, 6) is -0.603. The molecule has 2 heterocycles. The van der Waals surface area contributed by atoms with Crippen LogP contribution in [0.3, 0.4) is 0 Å². The minimum Gasteiger partial charge on any atom is -0.361 e. The summed E-state index contributed by atoms with van der Waals surface area (Å²) in [4.78, 5) is 39.3. The molecule has 8 heteroatoms. The topological polar surface area (TPSA) is 120 Å². The predicted octanol–water partition coefficient (Wildman–Crippen LogP) is 1.42. The van der Waals surface area contributed by atoms with Crippen LogP contribution < -0.4 is 16.2 Å². The highest BCUT2D eigenvalue weighted by molar-refractivity contribution is 5.90. The minimum atomic E-state index is -0.341. The van der Waals surface area contributed by atoms with Crippen LogP contribution in [0.5, 0.6) is 0 Å². The molecule has 0 spiro atoms. The first-order chi connectivity index (χ1) is 14.6. The summed E-state index contributed by atoms with van der Waals surface area (Å²) >= 11 is 0. The SMILES string of the molecule is O=C(CNC(=O)Cc1n[nH]c(=O)c2ccccc12)NCCc1c[nH]c2ccccc12. The third kappa shape index (κ3) is 4.22. The molecule has 2 aromatic carbocycles. The van der Waals surface area contributed by atoms with Gasteiger partial charge in [0.2, 0.25) is 11.8 Å². The number of nitrogens with zero attached hydrogens (tertiary/aromatic N) is 1. The number of carbonyl (C=O) groups excluding carboxylic acids is 2. The number of benzene rings is 2. The maximum atomic E-state index is 12.2. The van der Waals surface area contributed by atoms with Crippen LogP contribution in [0.2, 0.25) is 0 Å². The largest absolute Gasteiger partial charge is 0.361 e. The van der Waals surface area contributed by atoms with Gasteiger partial charge in [0.05, 0.1) is 24.0 Å². The maximum Gasteiger partial charge on any atom is 0.272 e. The van der Waals surface area contributed by atoms with Crippen molar-refractivity contribution < 1.29 is 9.59 Å². The van der Waals surface area contributed by atoms with Crippen LogP contribution in [-0.2, 0) is 22.4 Å². The van der Waals surface area contributed by atoms with Crippen LogP contribution in [0.4, 0.5) is 0 Å². The lowest BCUT2D eigenvalue weighted by Crippen LogP contribution is -2.38. The van der Waals surface area contributed by atoms with Gasteiger partial charge in [-0.1, -0.05) is 36.4 Å². The van der Waals surface area contributed by atoms with Crippen molar-refractivity contribution >= 4 is 33.5 Å². The smallest absolute Gasteiger partial charge is 0.272 e. The zero-order chi connectivity index (χ0) is 20.9. The van der Waals surface area contributed by atoms with Gasteiger partial charge in [0.1, 0.15) is 0 Å². The molecule has 0 radical (unpaired) electrons. The summed E-state index contributed by atoms with van der Waals surface area (Å²) in [5, 5.41) is 14.0. The van der Waals surface area contributed by atoms with Crippen molar-refractivity contribution in [3.63, 3.8) is 0 Å². The van der Waals surface area contributed by atoms with Crippen LogP contribution in [0, 0.1) is 0 Å². The van der Waals surface area contributed by atoms with Gasteiger partial charge in [-0.25, -0.2) is 5.10 Å². The molecule has 8 nitrogen and oxygen atoms in total. The first kappa shape index (κ1) is 19.4. The first-order valence-corrected chi connectivity index (χ1v) is 9.66. The molecule has 0 aliphatic rings. The summed E-state index contributed by atoms with van der Waals surface area (Å²) in [6.45, 7) is 0.358. The van der Waals surface area contributed by atoms with E-state index in [0.717, 1.165) is 16.5 Å². The van der Waals surface area contributed by atoms with E-state index < -0.39 is 0 Å². The number of H-pyrrole nitrogens is 2. The first-order valence-electron chi connectivity index (χ1n) is 9.66. The highest BCUT2D eigenvalue weighted by atomic mass is 16.2. The van der Waals surface area contributed by atoms with Gasteiger partial charge in [-0.15, -0.1) is 0 Å². The highest BCUT2D eigenvalue weighted by Crippen LogP contribution is 2.17. The molecule has 30 heavy (non-hydrogen) atoms. The number of rotatable bonds is 7. The van der Waals surface area contributed by atoms with Crippen molar-refractivity contribution in [3.05, 3.63) is 76.3 Å². The monoisotopic (exact) mass is 403 g/mol. The molecule has 2 amide bonds. The number of hydrogen-bond acceptors (Lipinski definition) is 4. The fourth-order valence-electron chi connectivity index (χ4n) is 3.44. The Labute approximate surface area is 171 Å². The standard InChI is InChI=1S/C22H21N5O3/c28-20(11-19-16-6-1-2-7-17(16)22(30)27-26-19)25-13-21(29)23-10-9-14-12-24-18-8-4-3-5-15(14)18/h1-8,12,24H,9-11,13H2,(H,23,29)(H,25,28)(H,27,30). The lowest BCUT2D eigenvalue weighted by molar-refractivity contribution is -0.125. The average Bonchev–Trinajstić information content (AvgIpc) is 3.18. The Bertz CT molecular complexity index is 1270. The fourth-order valence-corrected chi connectivity index (χ4v) is 3.44. The highest BCUT2D eigenvalue weighted by Gasteiger charge is 2.12. The quantitative estimate of drug-likeness (QED) is 0.373. The summed E-state index contributed by atoms with van der Waals surface area (Å²) < 4.78 is 0. The molecule has 0 fully saturated rings. The van der Waals surface area contributed by atoms with E-state index in [2.05, 4.69) is 25.8 Å². The van der Waals surface area contributed by atoms with Crippen molar-refractivity contribution in [2.24, 2.45) is 0 Å². The average molecular weight is 403 g/mol. The molecular formula is C22H21N5O3. The molecule has 2 aromatic heterocycles. The molecule has 4 rings (SSSR count). The van der Waals surface area contributed by atoms with E-state index in [-0.39, 0.29) is 30.3 Å².